The zero-order valence-corrected chi connectivity index (χ0v) is 23.8. The Morgan fingerprint density at radius 2 is 1.81 bits per heavy atom. The molecule has 0 N–H and O–H groups in total. The summed E-state index contributed by atoms with van der Waals surface area (Å²) in [5.41, 5.74) is -0.371. The van der Waals surface area contributed by atoms with Crippen molar-refractivity contribution >= 4 is 22.6 Å². The third kappa shape index (κ3) is 5.05. The van der Waals surface area contributed by atoms with Gasteiger partial charge in [-0.1, -0.05) is 41.5 Å². The minimum Gasteiger partial charge on any atom is -0.434 e. The third-order valence-electron chi connectivity index (χ3n) is 8.89. The van der Waals surface area contributed by atoms with Crippen molar-refractivity contribution in [3.05, 3.63) is 0 Å². The monoisotopic (exact) mass is 485 g/mol. The summed E-state index contributed by atoms with van der Waals surface area (Å²) in [5.74, 6) is -0.135. The Morgan fingerprint density at radius 1 is 1.16 bits per heavy atom. The highest BCUT2D eigenvalue weighted by atomic mass is 28.4. The fourth-order valence-corrected chi connectivity index (χ4v) is 9.48. The number of nitrogens with zero attached hydrogens (tertiary/aromatic N) is 1. The van der Waals surface area contributed by atoms with E-state index in [0.29, 0.717) is 19.1 Å². The van der Waals surface area contributed by atoms with Crippen molar-refractivity contribution in [1.29, 1.82) is 0 Å². The lowest BCUT2D eigenvalue weighted by Crippen LogP contribution is -2.62. The smallest absolute Gasteiger partial charge is 0.310 e. The maximum absolute atomic E-state index is 12.4. The van der Waals surface area contributed by atoms with E-state index in [1.807, 2.05) is 0 Å². The molecule has 3 aliphatic rings. The van der Waals surface area contributed by atoms with E-state index in [9.17, 15) is 4.79 Å². The molecular formula is C24H47NO5Si2. The molecule has 0 radical (unpaired) electrons. The quantitative estimate of drug-likeness (QED) is 0.238. The van der Waals surface area contributed by atoms with Gasteiger partial charge in [0.25, 0.3) is 0 Å². The number of morpholine rings is 1. The van der Waals surface area contributed by atoms with E-state index < -0.39 is 22.9 Å². The summed E-state index contributed by atoms with van der Waals surface area (Å²) in [7, 11) is -3.45. The zero-order valence-electron chi connectivity index (χ0n) is 21.8. The van der Waals surface area contributed by atoms with Gasteiger partial charge in [-0.2, -0.15) is 0 Å². The molecule has 6 nitrogen and oxygen atoms in total. The van der Waals surface area contributed by atoms with Crippen LogP contribution in [-0.2, 0) is 23.1 Å². The number of ether oxygens (including phenoxy) is 2. The van der Waals surface area contributed by atoms with Gasteiger partial charge in [-0.05, 0) is 55.5 Å². The lowest BCUT2D eigenvalue weighted by molar-refractivity contribution is -0.219. The predicted molar refractivity (Wildman–Crippen MR) is 133 cm³/mol. The van der Waals surface area contributed by atoms with Crippen LogP contribution in [-0.4, -0.2) is 71.2 Å². The molecule has 0 amide bonds. The third-order valence-corrected chi connectivity index (χ3v) is 18.1. The summed E-state index contributed by atoms with van der Waals surface area (Å²) in [6, 6.07) is 3.80. The van der Waals surface area contributed by atoms with Crippen molar-refractivity contribution in [2.45, 2.75) is 127 Å². The molecule has 0 unspecified atom stereocenters. The first kappa shape index (κ1) is 26.4. The Morgan fingerprint density at radius 3 is 2.41 bits per heavy atom. The molecule has 32 heavy (non-hydrogen) atoms. The van der Waals surface area contributed by atoms with Crippen LogP contribution in [0.5, 0.6) is 0 Å². The molecule has 0 aliphatic carbocycles. The van der Waals surface area contributed by atoms with Crippen LogP contribution in [0, 0.1) is 0 Å². The number of rotatable bonds is 10. The maximum Gasteiger partial charge on any atom is 0.310 e. The van der Waals surface area contributed by atoms with Gasteiger partial charge >= 0.3 is 5.97 Å². The summed E-state index contributed by atoms with van der Waals surface area (Å²) >= 11 is 0. The highest BCUT2D eigenvalue weighted by Crippen LogP contribution is 2.46. The summed E-state index contributed by atoms with van der Waals surface area (Å²) in [6.45, 7) is 20.5. The van der Waals surface area contributed by atoms with Crippen LogP contribution in [0.25, 0.3) is 0 Å². The van der Waals surface area contributed by atoms with Gasteiger partial charge in [0.05, 0.1) is 24.7 Å². The van der Waals surface area contributed by atoms with Gasteiger partial charge in [0.2, 0.25) is 6.29 Å². The minimum atomic E-state index is -1.78. The van der Waals surface area contributed by atoms with E-state index in [1.54, 1.807) is 0 Å². The van der Waals surface area contributed by atoms with Gasteiger partial charge in [0.15, 0.2) is 16.6 Å². The Labute approximate surface area is 197 Å². The first-order valence-electron chi connectivity index (χ1n) is 12.8. The number of esters is 1. The van der Waals surface area contributed by atoms with Crippen LogP contribution in [0.1, 0.15) is 67.2 Å². The molecule has 3 rings (SSSR count). The maximum atomic E-state index is 12.4. The van der Waals surface area contributed by atoms with E-state index in [4.69, 9.17) is 18.3 Å². The zero-order chi connectivity index (χ0) is 23.8. The van der Waals surface area contributed by atoms with Crippen LogP contribution >= 0.6 is 0 Å². The lowest BCUT2D eigenvalue weighted by atomic mass is 9.86. The normalized spacial score (nSPS) is 31.5. The van der Waals surface area contributed by atoms with Crippen LogP contribution in [0.15, 0.2) is 0 Å². The summed E-state index contributed by atoms with van der Waals surface area (Å²) in [6.07, 6.45) is 2.97. The molecule has 0 saturated carbocycles. The Hall–Kier alpha value is -0.256. The van der Waals surface area contributed by atoms with Crippen LogP contribution < -0.4 is 0 Å². The lowest BCUT2D eigenvalue weighted by Gasteiger charge is -2.47. The fourth-order valence-electron chi connectivity index (χ4n) is 5.52. The Balaban J connectivity index is 1.69. The second-order valence-corrected chi connectivity index (χ2v) is 21.2. The van der Waals surface area contributed by atoms with Crippen LogP contribution in [0.3, 0.4) is 0 Å². The molecule has 0 aromatic rings. The van der Waals surface area contributed by atoms with Crippen molar-refractivity contribution in [3.8, 4) is 0 Å². The SMILES string of the molecule is CC[Si](CC)(CC)O[C@@H]1C[C@H]2CO[C@H]3OC(=O)C[C@@]3(CCCO[Si](C)(C)C(C)(C)C)N2C1. The van der Waals surface area contributed by atoms with Gasteiger partial charge in [-0.15, -0.1) is 0 Å². The molecule has 0 spiro atoms. The molecule has 3 fully saturated rings. The van der Waals surface area contributed by atoms with E-state index in [2.05, 4.69) is 59.5 Å². The van der Waals surface area contributed by atoms with Crippen molar-refractivity contribution < 1.29 is 23.1 Å². The largest absolute Gasteiger partial charge is 0.434 e. The van der Waals surface area contributed by atoms with Crippen LogP contribution in [0.2, 0.25) is 36.3 Å². The first-order chi connectivity index (χ1) is 14.9. The molecule has 0 aromatic carbocycles. The first-order valence-corrected chi connectivity index (χ1v) is 18.3. The van der Waals surface area contributed by atoms with Crippen molar-refractivity contribution in [2.24, 2.45) is 0 Å². The van der Waals surface area contributed by atoms with Gasteiger partial charge in [0.1, 0.15) is 0 Å². The summed E-state index contributed by atoms with van der Waals surface area (Å²) in [5, 5.41) is 0.201. The number of hydrogen-bond acceptors (Lipinski definition) is 6. The van der Waals surface area contributed by atoms with Crippen molar-refractivity contribution in [1.82, 2.24) is 4.90 Å². The molecule has 4 atom stereocenters. The Kier molecular flexibility index (Phi) is 8.05. The molecule has 0 bridgehead atoms. The molecule has 186 valence electrons. The number of carbonyl (C=O) groups is 1. The standard InChI is InChI=1S/C24H47NO5Si2/c1-9-32(10-2,11-3)30-20-15-19-18-27-22-24(25(19)17-20,16-21(26)29-22)13-12-14-28-31(7,8)23(4,5)6/h19-20,22H,9-18H2,1-8H3/t19-,20+,22-,24+/m0/s1. The highest BCUT2D eigenvalue weighted by Gasteiger charge is 2.60. The van der Waals surface area contributed by atoms with Gasteiger partial charge < -0.3 is 18.3 Å². The van der Waals surface area contributed by atoms with Crippen LogP contribution in [0.4, 0.5) is 0 Å². The fraction of sp³-hybridized carbons (Fsp3) is 0.958. The number of carbonyl (C=O) groups excluding carboxylic acids is 1. The van der Waals surface area contributed by atoms with E-state index >= 15 is 0 Å². The summed E-state index contributed by atoms with van der Waals surface area (Å²) in [4.78, 5) is 14.9. The number of fused-ring (bicyclic) bond motifs is 3. The topological polar surface area (TPSA) is 57.2 Å². The average molecular weight is 486 g/mol. The van der Waals surface area contributed by atoms with Crippen molar-refractivity contribution in [2.75, 3.05) is 19.8 Å². The molecule has 3 saturated heterocycles. The van der Waals surface area contributed by atoms with E-state index in [-0.39, 0.29) is 22.7 Å². The molecule has 8 heteroatoms. The second-order valence-electron chi connectivity index (χ2n) is 11.7. The molecular weight excluding hydrogens is 438 g/mol. The van der Waals surface area contributed by atoms with E-state index in [0.717, 1.165) is 50.5 Å². The van der Waals surface area contributed by atoms with Gasteiger partial charge in [0, 0.05) is 19.2 Å². The van der Waals surface area contributed by atoms with Gasteiger partial charge in [-0.3, -0.25) is 9.69 Å². The Bertz CT molecular complexity index is 655. The molecule has 0 aromatic heterocycles. The number of hydrogen-bond donors (Lipinski definition) is 0. The second kappa shape index (κ2) is 9.78. The predicted octanol–water partition coefficient (Wildman–Crippen LogP) is 5.30. The average Bonchev–Trinajstić information content (AvgIpc) is 3.29. The summed E-state index contributed by atoms with van der Waals surface area (Å²) < 4.78 is 25.1. The molecule has 3 heterocycles. The minimum absolute atomic E-state index is 0.135. The van der Waals surface area contributed by atoms with Gasteiger partial charge in [-0.25, -0.2) is 0 Å². The molecule has 3 aliphatic heterocycles. The van der Waals surface area contributed by atoms with Crippen molar-refractivity contribution in [3.63, 3.8) is 0 Å². The van der Waals surface area contributed by atoms with E-state index in [1.165, 1.54) is 0 Å². The highest BCUT2D eigenvalue weighted by molar-refractivity contribution is 6.74.